The molecule has 0 bridgehead atoms. The van der Waals surface area contributed by atoms with E-state index in [1.165, 1.54) is 18.2 Å². The largest absolute Gasteiger partial charge is 0.323 e. The Morgan fingerprint density at radius 1 is 1.35 bits per heavy atom. The van der Waals surface area contributed by atoms with Gasteiger partial charge in [0.1, 0.15) is 11.8 Å². The number of aromatic nitrogens is 1. The zero-order valence-corrected chi connectivity index (χ0v) is 13.2. The summed E-state index contributed by atoms with van der Waals surface area (Å²) in [5.74, 6) is 0. The summed E-state index contributed by atoms with van der Waals surface area (Å²) in [6.45, 7) is 2.09. The van der Waals surface area contributed by atoms with Gasteiger partial charge in [0.15, 0.2) is 7.14 Å². The molecule has 2 rings (SSSR count). The summed E-state index contributed by atoms with van der Waals surface area (Å²) in [5, 5.41) is 9.42. The maximum atomic E-state index is 14.2. The van der Waals surface area contributed by atoms with Gasteiger partial charge in [-0.15, -0.1) is 0 Å². The number of rotatable bonds is 2. The standard InChI is InChI=1S/C13H10BrF2N2OP/c1-20(2,19)13(15,16)10-6-12-8(5-11(10)14)3-4-9(7-17)18-12/h3-6H,1-2H3. The van der Waals surface area contributed by atoms with Crippen molar-refractivity contribution in [3.05, 3.63) is 40.0 Å². The van der Waals surface area contributed by atoms with Gasteiger partial charge in [-0.3, -0.25) is 0 Å². The molecule has 0 aliphatic carbocycles. The topological polar surface area (TPSA) is 53.8 Å². The third-order valence-electron chi connectivity index (χ3n) is 2.89. The van der Waals surface area contributed by atoms with Crippen LogP contribution in [0.15, 0.2) is 28.7 Å². The van der Waals surface area contributed by atoms with Crippen LogP contribution < -0.4 is 0 Å². The van der Waals surface area contributed by atoms with E-state index in [9.17, 15) is 13.3 Å². The lowest BCUT2D eigenvalue weighted by Crippen LogP contribution is -2.14. The van der Waals surface area contributed by atoms with E-state index in [4.69, 9.17) is 5.26 Å². The third kappa shape index (κ3) is 2.48. The summed E-state index contributed by atoms with van der Waals surface area (Å²) in [5.41, 5.74) is -3.41. The van der Waals surface area contributed by atoms with Crippen molar-refractivity contribution in [1.82, 2.24) is 4.98 Å². The van der Waals surface area contributed by atoms with E-state index in [0.29, 0.717) is 5.39 Å². The maximum Gasteiger partial charge on any atom is 0.323 e. The number of benzene rings is 1. The quantitative estimate of drug-likeness (QED) is 0.740. The lowest BCUT2D eigenvalue weighted by Gasteiger charge is -2.22. The Balaban J connectivity index is 2.75. The molecule has 0 unspecified atom stereocenters. The zero-order chi connectivity index (χ0) is 15.1. The van der Waals surface area contributed by atoms with Crippen LogP contribution in [0.2, 0.25) is 0 Å². The highest BCUT2D eigenvalue weighted by molar-refractivity contribution is 9.10. The molecule has 0 aliphatic rings. The van der Waals surface area contributed by atoms with Crippen LogP contribution in [-0.4, -0.2) is 18.3 Å². The van der Waals surface area contributed by atoms with Crippen LogP contribution >= 0.6 is 23.1 Å². The number of fused-ring (bicyclic) bond motifs is 1. The lowest BCUT2D eigenvalue weighted by atomic mass is 10.1. The van der Waals surface area contributed by atoms with Crippen LogP contribution in [-0.2, 0) is 10.2 Å². The Morgan fingerprint density at radius 3 is 2.55 bits per heavy atom. The van der Waals surface area contributed by atoms with Gasteiger partial charge >= 0.3 is 5.66 Å². The minimum Gasteiger partial charge on any atom is -0.317 e. The van der Waals surface area contributed by atoms with E-state index in [1.807, 2.05) is 6.07 Å². The first-order valence-corrected chi connectivity index (χ1v) is 9.00. The van der Waals surface area contributed by atoms with Crippen molar-refractivity contribution < 1.29 is 13.3 Å². The molecule has 0 aliphatic heterocycles. The molecule has 1 heterocycles. The molecular weight excluding hydrogens is 349 g/mol. The molecule has 0 amide bonds. The van der Waals surface area contributed by atoms with Gasteiger partial charge in [-0.25, -0.2) is 4.98 Å². The second kappa shape index (κ2) is 4.91. The first-order chi connectivity index (χ1) is 9.16. The van der Waals surface area contributed by atoms with Crippen molar-refractivity contribution in [2.24, 2.45) is 0 Å². The van der Waals surface area contributed by atoms with Crippen molar-refractivity contribution in [3.63, 3.8) is 0 Å². The van der Waals surface area contributed by atoms with Crippen LogP contribution in [0.4, 0.5) is 8.78 Å². The molecule has 0 spiro atoms. The number of nitrogens with zero attached hydrogens (tertiary/aromatic N) is 2. The summed E-state index contributed by atoms with van der Waals surface area (Å²) in [7, 11) is -3.67. The molecule has 20 heavy (non-hydrogen) atoms. The molecule has 0 N–H and O–H groups in total. The van der Waals surface area contributed by atoms with Crippen LogP contribution in [0.3, 0.4) is 0 Å². The predicted molar refractivity (Wildman–Crippen MR) is 77.5 cm³/mol. The Labute approximate surface area is 123 Å². The Morgan fingerprint density at radius 2 is 2.00 bits per heavy atom. The van der Waals surface area contributed by atoms with Gasteiger partial charge in [0.2, 0.25) is 0 Å². The van der Waals surface area contributed by atoms with Crippen LogP contribution in [0.5, 0.6) is 0 Å². The van der Waals surface area contributed by atoms with Crippen molar-refractivity contribution in [1.29, 1.82) is 5.26 Å². The minimum absolute atomic E-state index is 0.144. The molecule has 1 aromatic heterocycles. The van der Waals surface area contributed by atoms with Crippen LogP contribution in [0.1, 0.15) is 11.3 Å². The van der Waals surface area contributed by atoms with Gasteiger partial charge in [0.25, 0.3) is 0 Å². The Bertz CT molecular complexity index is 780. The van der Waals surface area contributed by atoms with E-state index < -0.39 is 12.8 Å². The van der Waals surface area contributed by atoms with Crippen LogP contribution in [0.25, 0.3) is 10.9 Å². The molecule has 2 aromatic rings. The maximum absolute atomic E-state index is 14.2. The predicted octanol–water partition coefficient (Wildman–Crippen LogP) is 4.54. The van der Waals surface area contributed by atoms with Gasteiger partial charge in [-0.05, 0) is 37.6 Å². The van der Waals surface area contributed by atoms with E-state index in [1.54, 1.807) is 6.07 Å². The van der Waals surface area contributed by atoms with Gasteiger partial charge in [-0.2, -0.15) is 14.0 Å². The number of pyridine rings is 1. The molecule has 104 valence electrons. The van der Waals surface area contributed by atoms with Crippen molar-refractivity contribution in [2.45, 2.75) is 5.66 Å². The fraction of sp³-hybridized carbons (Fsp3) is 0.231. The van der Waals surface area contributed by atoms with E-state index in [-0.39, 0.29) is 21.2 Å². The fourth-order valence-corrected chi connectivity index (χ4v) is 3.25. The van der Waals surface area contributed by atoms with Crippen molar-refractivity contribution >= 4 is 34.0 Å². The molecule has 0 fully saturated rings. The molecule has 0 saturated carbocycles. The highest BCUT2D eigenvalue weighted by Gasteiger charge is 2.46. The average molecular weight is 359 g/mol. The summed E-state index contributed by atoms with van der Waals surface area (Å²) < 4.78 is 40.5. The smallest absolute Gasteiger partial charge is 0.317 e. The lowest BCUT2D eigenvalue weighted by molar-refractivity contribution is 0.0886. The first kappa shape index (κ1) is 15.1. The number of halogens is 3. The van der Waals surface area contributed by atoms with Gasteiger partial charge in [-0.1, -0.05) is 15.9 Å². The minimum atomic E-state index is -3.67. The Hall–Kier alpha value is -1.31. The molecule has 1 aromatic carbocycles. The molecule has 3 nitrogen and oxygen atoms in total. The molecule has 0 atom stereocenters. The number of nitriles is 1. The van der Waals surface area contributed by atoms with Gasteiger partial charge < -0.3 is 4.57 Å². The number of alkyl halides is 2. The summed E-state index contributed by atoms with van der Waals surface area (Å²) in [4.78, 5) is 3.99. The van der Waals surface area contributed by atoms with E-state index >= 15 is 0 Å². The molecular formula is C13H10BrF2N2OP. The third-order valence-corrected chi connectivity index (χ3v) is 5.14. The summed E-state index contributed by atoms with van der Waals surface area (Å²) in [6, 6.07) is 7.67. The summed E-state index contributed by atoms with van der Waals surface area (Å²) in [6.07, 6.45) is 0. The normalized spacial score (nSPS) is 12.4. The van der Waals surface area contributed by atoms with Crippen molar-refractivity contribution in [3.8, 4) is 6.07 Å². The summed E-state index contributed by atoms with van der Waals surface area (Å²) >= 11 is 3.09. The average Bonchev–Trinajstić information content (AvgIpc) is 2.35. The van der Waals surface area contributed by atoms with E-state index in [2.05, 4.69) is 20.9 Å². The highest BCUT2D eigenvalue weighted by Crippen LogP contribution is 2.61. The van der Waals surface area contributed by atoms with Gasteiger partial charge in [0.05, 0.1) is 5.52 Å². The van der Waals surface area contributed by atoms with E-state index in [0.717, 1.165) is 13.3 Å². The first-order valence-electron chi connectivity index (χ1n) is 5.60. The number of hydrogen-bond acceptors (Lipinski definition) is 3. The van der Waals surface area contributed by atoms with Gasteiger partial charge in [0, 0.05) is 15.4 Å². The van der Waals surface area contributed by atoms with Crippen molar-refractivity contribution in [2.75, 3.05) is 13.3 Å². The zero-order valence-electron chi connectivity index (χ0n) is 10.7. The highest BCUT2D eigenvalue weighted by atomic mass is 79.9. The monoisotopic (exact) mass is 358 g/mol. The number of hydrogen-bond donors (Lipinski definition) is 0. The second-order valence-corrected chi connectivity index (χ2v) is 8.84. The van der Waals surface area contributed by atoms with Crippen LogP contribution in [0, 0.1) is 11.3 Å². The Kier molecular flexibility index (Phi) is 3.70. The fourth-order valence-electron chi connectivity index (χ4n) is 1.73. The second-order valence-electron chi connectivity index (χ2n) is 4.73. The molecule has 0 radical (unpaired) electrons. The molecule has 7 heteroatoms. The molecule has 0 saturated heterocycles. The SMILES string of the molecule is CP(C)(=O)C(F)(F)c1cc2nc(C#N)ccc2cc1Br.